The van der Waals surface area contributed by atoms with Crippen molar-refractivity contribution in [3.8, 4) is 0 Å². The minimum atomic E-state index is 0.322. The van der Waals surface area contributed by atoms with Crippen LogP contribution in [0.3, 0.4) is 0 Å². The van der Waals surface area contributed by atoms with Gasteiger partial charge in [-0.3, -0.25) is 0 Å². The van der Waals surface area contributed by atoms with E-state index < -0.39 is 0 Å². The number of anilines is 1. The number of ether oxygens (including phenoxy) is 1. The lowest BCUT2D eigenvalue weighted by Crippen LogP contribution is -2.31. The molecule has 1 aromatic heterocycles. The van der Waals surface area contributed by atoms with Crippen LogP contribution in [0.2, 0.25) is 0 Å². The molecular weight excluding hydrogens is 274 g/mol. The van der Waals surface area contributed by atoms with Crippen LogP contribution in [0.4, 0.5) is 5.69 Å². The number of hydrogen-bond acceptors (Lipinski definition) is 4. The quantitative estimate of drug-likeness (QED) is 0.782. The largest absolute Gasteiger partial charge is 0.381 e. The van der Waals surface area contributed by atoms with Crippen molar-refractivity contribution in [2.24, 2.45) is 5.92 Å². The fourth-order valence-electron chi connectivity index (χ4n) is 2.56. The normalized spacial score (nSPS) is 19.4. The number of hydrogen-bond donors (Lipinski definition) is 0. The van der Waals surface area contributed by atoms with Crippen LogP contribution in [0, 0.1) is 5.92 Å². The second kappa shape index (κ2) is 7.23. The van der Waals surface area contributed by atoms with Gasteiger partial charge in [-0.25, -0.2) is 9.97 Å². The smallest absolute Gasteiger partial charge is 0.131 e. The van der Waals surface area contributed by atoms with Gasteiger partial charge in [-0.2, -0.15) is 0 Å². The van der Waals surface area contributed by atoms with E-state index in [4.69, 9.17) is 16.3 Å². The number of alkyl halides is 1. The predicted molar refractivity (Wildman–Crippen MR) is 82.5 cm³/mol. The molecule has 0 amide bonds. The molecule has 0 bridgehead atoms. The Morgan fingerprint density at radius 1 is 1.50 bits per heavy atom. The van der Waals surface area contributed by atoms with Crippen LogP contribution >= 0.6 is 11.6 Å². The maximum atomic E-state index is 6.05. The standard InChI is InChI=1S/C15H24ClN3O/c1-11(2)15-17-8-14(13(7-16)18-15)19(3)9-12-5-4-6-20-10-12/h8,11-12H,4-7,9-10H2,1-3H3. The van der Waals surface area contributed by atoms with Crippen molar-refractivity contribution in [3.05, 3.63) is 17.7 Å². The Kier molecular flexibility index (Phi) is 5.61. The van der Waals surface area contributed by atoms with Crippen molar-refractivity contribution < 1.29 is 4.74 Å². The second-order valence-corrected chi connectivity index (χ2v) is 6.08. The van der Waals surface area contributed by atoms with Crippen LogP contribution in [0.15, 0.2) is 6.20 Å². The van der Waals surface area contributed by atoms with Crippen LogP contribution in [0.5, 0.6) is 0 Å². The number of halogens is 1. The highest BCUT2D eigenvalue weighted by Gasteiger charge is 2.18. The summed E-state index contributed by atoms with van der Waals surface area (Å²) < 4.78 is 5.54. The van der Waals surface area contributed by atoms with E-state index in [1.54, 1.807) is 0 Å². The summed E-state index contributed by atoms with van der Waals surface area (Å²) in [5.41, 5.74) is 1.96. The molecule has 0 aromatic carbocycles. The average molecular weight is 298 g/mol. The lowest BCUT2D eigenvalue weighted by Gasteiger charge is -2.29. The van der Waals surface area contributed by atoms with E-state index in [2.05, 4.69) is 35.8 Å². The van der Waals surface area contributed by atoms with E-state index in [0.717, 1.165) is 43.4 Å². The lowest BCUT2D eigenvalue weighted by atomic mass is 10.0. The molecule has 1 aliphatic rings. The van der Waals surface area contributed by atoms with Gasteiger partial charge in [-0.15, -0.1) is 11.6 Å². The van der Waals surface area contributed by atoms with Crippen LogP contribution in [-0.4, -0.2) is 36.8 Å². The summed E-state index contributed by atoms with van der Waals surface area (Å²) in [7, 11) is 2.08. The maximum Gasteiger partial charge on any atom is 0.131 e. The Morgan fingerprint density at radius 3 is 2.90 bits per heavy atom. The molecule has 0 saturated carbocycles. The highest BCUT2D eigenvalue weighted by Crippen LogP contribution is 2.23. The van der Waals surface area contributed by atoms with Gasteiger partial charge >= 0.3 is 0 Å². The monoisotopic (exact) mass is 297 g/mol. The van der Waals surface area contributed by atoms with Gasteiger partial charge in [-0.1, -0.05) is 13.8 Å². The number of aromatic nitrogens is 2. The summed E-state index contributed by atoms with van der Waals surface area (Å²) in [5.74, 6) is 2.19. The molecule has 20 heavy (non-hydrogen) atoms. The highest BCUT2D eigenvalue weighted by molar-refractivity contribution is 6.17. The lowest BCUT2D eigenvalue weighted by molar-refractivity contribution is 0.0576. The van der Waals surface area contributed by atoms with Crippen LogP contribution in [-0.2, 0) is 10.6 Å². The Balaban J connectivity index is 2.09. The topological polar surface area (TPSA) is 38.2 Å². The zero-order chi connectivity index (χ0) is 14.5. The molecule has 1 unspecified atom stereocenters. The predicted octanol–water partition coefficient (Wildman–Crippen LogP) is 3.20. The van der Waals surface area contributed by atoms with Gasteiger partial charge < -0.3 is 9.64 Å². The first-order chi connectivity index (χ1) is 9.61. The minimum Gasteiger partial charge on any atom is -0.381 e. The number of nitrogens with zero attached hydrogens (tertiary/aromatic N) is 3. The molecule has 4 nitrogen and oxygen atoms in total. The fraction of sp³-hybridized carbons (Fsp3) is 0.733. The summed E-state index contributed by atoms with van der Waals surface area (Å²) in [6.07, 6.45) is 4.29. The van der Waals surface area contributed by atoms with Crippen LogP contribution in [0.1, 0.15) is 44.1 Å². The van der Waals surface area contributed by atoms with Gasteiger partial charge in [0.05, 0.1) is 30.1 Å². The molecular formula is C15H24ClN3O. The third kappa shape index (κ3) is 3.83. The zero-order valence-electron chi connectivity index (χ0n) is 12.6. The molecule has 1 aromatic rings. The van der Waals surface area contributed by atoms with E-state index in [1.807, 2.05) is 6.20 Å². The van der Waals surface area contributed by atoms with E-state index in [-0.39, 0.29) is 0 Å². The van der Waals surface area contributed by atoms with Crippen molar-refractivity contribution >= 4 is 17.3 Å². The molecule has 0 aliphatic carbocycles. The van der Waals surface area contributed by atoms with Gasteiger partial charge in [0, 0.05) is 26.1 Å². The summed E-state index contributed by atoms with van der Waals surface area (Å²) >= 11 is 6.05. The van der Waals surface area contributed by atoms with Gasteiger partial charge in [0.15, 0.2) is 0 Å². The molecule has 1 saturated heterocycles. The van der Waals surface area contributed by atoms with Gasteiger partial charge in [0.1, 0.15) is 5.82 Å². The van der Waals surface area contributed by atoms with E-state index in [0.29, 0.717) is 17.7 Å². The van der Waals surface area contributed by atoms with E-state index >= 15 is 0 Å². The molecule has 1 atom stereocenters. The fourth-order valence-corrected chi connectivity index (χ4v) is 2.76. The Labute approximate surface area is 126 Å². The van der Waals surface area contributed by atoms with E-state index in [9.17, 15) is 0 Å². The maximum absolute atomic E-state index is 6.05. The van der Waals surface area contributed by atoms with E-state index in [1.165, 1.54) is 6.42 Å². The van der Waals surface area contributed by atoms with Gasteiger partial charge in [-0.05, 0) is 18.8 Å². The van der Waals surface area contributed by atoms with Crippen LogP contribution < -0.4 is 4.90 Å². The summed E-state index contributed by atoms with van der Waals surface area (Å²) in [6, 6.07) is 0. The molecule has 2 heterocycles. The Bertz CT molecular complexity index is 433. The van der Waals surface area contributed by atoms with Crippen molar-refractivity contribution in [2.45, 2.75) is 38.5 Å². The first kappa shape index (κ1) is 15.5. The van der Waals surface area contributed by atoms with Crippen molar-refractivity contribution in [1.29, 1.82) is 0 Å². The zero-order valence-corrected chi connectivity index (χ0v) is 13.4. The molecule has 1 aliphatic heterocycles. The Hall–Kier alpha value is -0.870. The summed E-state index contributed by atoms with van der Waals surface area (Å²) in [5, 5.41) is 0. The highest BCUT2D eigenvalue weighted by atomic mass is 35.5. The molecule has 5 heteroatoms. The third-order valence-corrected chi connectivity index (χ3v) is 3.96. The SMILES string of the molecule is CC(C)c1ncc(N(C)CC2CCCOC2)c(CCl)n1. The average Bonchev–Trinajstić information content (AvgIpc) is 2.47. The Morgan fingerprint density at radius 2 is 2.30 bits per heavy atom. The summed E-state index contributed by atoms with van der Waals surface area (Å²) in [6.45, 7) is 6.91. The molecule has 2 rings (SSSR count). The molecule has 0 N–H and O–H groups in total. The van der Waals surface area contributed by atoms with Crippen LogP contribution in [0.25, 0.3) is 0 Å². The first-order valence-electron chi connectivity index (χ1n) is 7.32. The molecule has 1 fully saturated rings. The van der Waals surface area contributed by atoms with Gasteiger partial charge in [0.25, 0.3) is 0 Å². The molecule has 112 valence electrons. The van der Waals surface area contributed by atoms with Gasteiger partial charge in [0.2, 0.25) is 0 Å². The van der Waals surface area contributed by atoms with Crippen molar-refractivity contribution in [2.75, 3.05) is 31.7 Å². The van der Waals surface area contributed by atoms with Crippen molar-refractivity contribution in [1.82, 2.24) is 9.97 Å². The first-order valence-corrected chi connectivity index (χ1v) is 7.86. The third-order valence-electron chi connectivity index (χ3n) is 3.71. The van der Waals surface area contributed by atoms with Crippen molar-refractivity contribution in [3.63, 3.8) is 0 Å². The molecule has 0 spiro atoms. The number of rotatable bonds is 5. The minimum absolute atomic E-state index is 0.322. The molecule has 0 radical (unpaired) electrons. The second-order valence-electron chi connectivity index (χ2n) is 5.81. The summed E-state index contributed by atoms with van der Waals surface area (Å²) in [4.78, 5) is 11.3.